The Labute approximate surface area is 165 Å². The van der Waals surface area contributed by atoms with Crippen LogP contribution in [-0.2, 0) is 17.6 Å². The lowest BCUT2D eigenvalue weighted by atomic mass is 10.0. The topological polar surface area (TPSA) is 45.2 Å². The van der Waals surface area contributed by atoms with Gasteiger partial charge in [-0.3, -0.25) is 4.79 Å². The number of piperazine rings is 1. The van der Waals surface area contributed by atoms with E-state index < -0.39 is 0 Å². The standard InChI is InChI=1S/C18H23N3OS.2ClH/c1-2-14-3-5-15(6-4-14)17-11-19-9-10-21(17)18(22)8-7-16-12-23-13-20-16;;/h3-6,12-13,17,19H,2,7-11H2,1H3;2*1H. The molecule has 1 fully saturated rings. The van der Waals surface area contributed by atoms with Crippen molar-refractivity contribution in [2.45, 2.75) is 32.2 Å². The van der Waals surface area contributed by atoms with Gasteiger partial charge in [0, 0.05) is 31.4 Å². The highest BCUT2D eigenvalue weighted by Gasteiger charge is 2.27. The highest BCUT2D eigenvalue weighted by molar-refractivity contribution is 7.07. The minimum absolute atomic E-state index is 0. The van der Waals surface area contributed by atoms with Gasteiger partial charge < -0.3 is 10.2 Å². The highest BCUT2D eigenvalue weighted by atomic mass is 35.5. The Kier molecular flexibility index (Phi) is 9.43. The molecule has 1 saturated heterocycles. The van der Waals surface area contributed by atoms with Crippen LogP contribution in [0.2, 0.25) is 0 Å². The number of thiazole rings is 1. The van der Waals surface area contributed by atoms with Gasteiger partial charge in [0.25, 0.3) is 0 Å². The number of nitrogens with zero attached hydrogens (tertiary/aromatic N) is 2. The van der Waals surface area contributed by atoms with Crippen molar-refractivity contribution in [2.75, 3.05) is 19.6 Å². The van der Waals surface area contributed by atoms with Gasteiger partial charge in [0.1, 0.15) is 0 Å². The molecule has 1 amide bonds. The van der Waals surface area contributed by atoms with Crippen LogP contribution in [0.1, 0.15) is 36.2 Å². The molecule has 2 aromatic rings. The number of nitrogens with one attached hydrogen (secondary N) is 1. The Morgan fingerprint density at radius 3 is 2.72 bits per heavy atom. The van der Waals surface area contributed by atoms with Gasteiger partial charge in [0.2, 0.25) is 5.91 Å². The van der Waals surface area contributed by atoms with Crippen LogP contribution in [0.4, 0.5) is 0 Å². The molecule has 2 heterocycles. The third-order valence-corrected chi connectivity index (χ3v) is 5.05. The largest absolute Gasteiger partial charge is 0.333 e. The van der Waals surface area contributed by atoms with Gasteiger partial charge in [-0.05, 0) is 24.0 Å². The molecule has 0 aliphatic carbocycles. The number of benzene rings is 1. The third kappa shape index (κ3) is 5.68. The van der Waals surface area contributed by atoms with E-state index in [1.54, 1.807) is 11.3 Å². The molecule has 0 spiro atoms. The van der Waals surface area contributed by atoms with Crippen molar-refractivity contribution >= 4 is 42.1 Å². The van der Waals surface area contributed by atoms with Crippen LogP contribution in [0, 0.1) is 0 Å². The third-order valence-electron chi connectivity index (χ3n) is 4.41. The minimum atomic E-state index is 0. The van der Waals surface area contributed by atoms with Gasteiger partial charge in [0.05, 0.1) is 17.2 Å². The predicted molar refractivity (Wildman–Crippen MR) is 108 cm³/mol. The minimum Gasteiger partial charge on any atom is -0.333 e. The molecule has 1 unspecified atom stereocenters. The SMILES string of the molecule is CCc1ccc(C2CNCCN2C(=O)CCc2cscn2)cc1.Cl.Cl. The highest BCUT2D eigenvalue weighted by Crippen LogP contribution is 2.24. The first-order valence-corrected chi connectivity index (χ1v) is 9.18. The van der Waals surface area contributed by atoms with Crippen LogP contribution in [0.5, 0.6) is 0 Å². The van der Waals surface area contributed by atoms with E-state index in [9.17, 15) is 4.79 Å². The number of carbonyl (C=O) groups is 1. The molecular formula is C18H25Cl2N3OS. The molecule has 1 aromatic heterocycles. The molecule has 0 bridgehead atoms. The maximum absolute atomic E-state index is 12.7. The molecule has 1 atom stereocenters. The summed E-state index contributed by atoms with van der Waals surface area (Å²) >= 11 is 1.58. The van der Waals surface area contributed by atoms with Gasteiger partial charge in [0.15, 0.2) is 0 Å². The number of hydrogen-bond acceptors (Lipinski definition) is 4. The smallest absolute Gasteiger partial charge is 0.223 e. The molecular weight excluding hydrogens is 377 g/mol. The molecule has 0 radical (unpaired) electrons. The Morgan fingerprint density at radius 1 is 1.32 bits per heavy atom. The van der Waals surface area contributed by atoms with Crippen molar-refractivity contribution in [2.24, 2.45) is 0 Å². The van der Waals surface area contributed by atoms with E-state index >= 15 is 0 Å². The second-order valence-electron chi connectivity index (χ2n) is 5.88. The van der Waals surface area contributed by atoms with E-state index in [4.69, 9.17) is 0 Å². The van der Waals surface area contributed by atoms with Crippen LogP contribution >= 0.6 is 36.2 Å². The van der Waals surface area contributed by atoms with Gasteiger partial charge in [-0.15, -0.1) is 36.2 Å². The first kappa shape index (κ1) is 21.9. The van der Waals surface area contributed by atoms with Crippen molar-refractivity contribution < 1.29 is 4.79 Å². The summed E-state index contributed by atoms with van der Waals surface area (Å²) in [4.78, 5) is 19.0. The molecule has 1 aromatic carbocycles. The monoisotopic (exact) mass is 401 g/mol. The molecule has 1 aliphatic rings. The first-order valence-electron chi connectivity index (χ1n) is 8.24. The van der Waals surface area contributed by atoms with Gasteiger partial charge in [-0.25, -0.2) is 4.98 Å². The summed E-state index contributed by atoms with van der Waals surface area (Å²) in [5.74, 6) is 0.226. The second kappa shape index (κ2) is 10.8. The number of amides is 1. The van der Waals surface area contributed by atoms with Crippen molar-refractivity contribution in [3.8, 4) is 0 Å². The normalized spacial score (nSPS) is 16.7. The van der Waals surface area contributed by atoms with Crippen LogP contribution in [0.25, 0.3) is 0 Å². The zero-order valence-corrected chi connectivity index (χ0v) is 16.8. The van der Waals surface area contributed by atoms with Crippen LogP contribution in [0.3, 0.4) is 0 Å². The Balaban J connectivity index is 0.00000156. The van der Waals surface area contributed by atoms with E-state index in [2.05, 4.69) is 41.5 Å². The van der Waals surface area contributed by atoms with Gasteiger partial charge >= 0.3 is 0 Å². The molecule has 25 heavy (non-hydrogen) atoms. The number of aromatic nitrogens is 1. The van der Waals surface area contributed by atoms with Gasteiger partial charge in [-0.1, -0.05) is 31.2 Å². The number of aryl methyl sites for hydroxylation is 2. The summed E-state index contributed by atoms with van der Waals surface area (Å²) in [5.41, 5.74) is 5.39. The Morgan fingerprint density at radius 2 is 2.08 bits per heavy atom. The molecule has 7 heteroatoms. The van der Waals surface area contributed by atoms with E-state index in [1.165, 1.54) is 11.1 Å². The predicted octanol–water partition coefficient (Wildman–Crippen LogP) is 3.65. The fraction of sp³-hybridized carbons (Fsp3) is 0.444. The van der Waals surface area contributed by atoms with Crippen molar-refractivity contribution in [3.63, 3.8) is 0 Å². The van der Waals surface area contributed by atoms with E-state index in [-0.39, 0.29) is 36.8 Å². The number of rotatable bonds is 5. The van der Waals surface area contributed by atoms with Crippen molar-refractivity contribution in [3.05, 3.63) is 52.0 Å². The molecule has 1 aliphatic heterocycles. The summed E-state index contributed by atoms with van der Waals surface area (Å²) in [6.07, 6.45) is 2.31. The summed E-state index contributed by atoms with van der Waals surface area (Å²) in [5, 5.41) is 5.43. The average Bonchev–Trinajstić information content (AvgIpc) is 3.13. The molecule has 3 rings (SSSR count). The van der Waals surface area contributed by atoms with E-state index in [0.29, 0.717) is 6.42 Å². The van der Waals surface area contributed by atoms with Gasteiger partial charge in [-0.2, -0.15) is 0 Å². The molecule has 1 N–H and O–H groups in total. The van der Waals surface area contributed by atoms with E-state index in [0.717, 1.165) is 38.2 Å². The first-order chi connectivity index (χ1) is 11.3. The number of hydrogen-bond donors (Lipinski definition) is 1. The summed E-state index contributed by atoms with van der Waals surface area (Å²) in [6.45, 7) is 4.63. The molecule has 4 nitrogen and oxygen atoms in total. The summed E-state index contributed by atoms with van der Waals surface area (Å²) < 4.78 is 0. The Hall–Kier alpha value is -1.14. The average molecular weight is 402 g/mol. The van der Waals surface area contributed by atoms with E-state index in [1.807, 2.05) is 15.8 Å². The van der Waals surface area contributed by atoms with Crippen molar-refractivity contribution in [1.29, 1.82) is 0 Å². The maximum Gasteiger partial charge on any atom is 0.223 e. The second-order valence-corrected chi connectivity index (χ2v) is 6.60. The zero-order valence-electron chi connectivity index (χ0n) is 14.3. The quantitative estimate of drug-likeness (QED) is 0.831. The van der Waals surface area contributed by atoms with Crippen LogP contribution in [0.15, 0.2) is 35.2 Å². The molecule has 0 saturated carbocycles. The number of carbonyl (C=O) groups excluding carboxylic acids is 1. The lowest BCUT2D eigenvalue weighted by molar-refractivity contribution is -0.134. The lowest BCUT2D eigenvalue weighted by Gasteiger charge is -2.36. The maximum atomic E-state index is 12.7. The molecule has 138 valence electrons. The van der Waals surface area contributed by atoms with Crippen molar-refractivity contribution in [1.82, 2.24) is 15.2 Å². The summed E-state index contributed by atoms with van der Waals surface area (Å²) in [6, 6.07) is 8.80. The van der Waals surface area contributed by atoms with Crippen LogP contribution in [-0.4, -0.2) is 35.4 Å². The fourth-order valence-corrected chi connectivity index (χ4v) is 3.61. The Bertz CT molecular complexity index is 634. The fourth-order valence-electron chi connectivity index (χ4n) is 3.02. The summed E-state index contributed by atoms with van der Waals surface area (Å²) in [7, 11) is 0. The zero-order chi connectivity index (χ0) is 16.1. The number of halogens is 2. The lowest BCUT2D eigenvalue weighted by Crippen LogP contribution is -2.48. The van der Waals surface area contributed by atoms with Crippen LogP contribution < -0.4 is 5.32 Å².